The van der Waals surface area contributed by atoms with Gasteiger partial charge in [-0.2, -0.15) is 0 Å². The van der Waals surface area contributed by atoms with Gasteiger partial charge in [0.15, 0.2) is 6.23 Å². The van der Waals surface area contributed by atoms with Crippen molar-refractivity contribution >= 4 is 47.4 Å². The van der Waals surface area contributed by atoms with E-state index in [2.05, 4.69) is 15.3 Å². The standard InChI is InChI=1S/C24H24FN5O4.2ClH/c25-15-6-8-16(9-7-15)29-21-18-17(14-4-2-1-3-5-14)10-30(22(18)28-13-27-21)23-19(32)20(33)24(11-26,12-31)34-23;;/h1-10,13,19-20,23,31-33H,11-12,26H2,(H,27,28,29);2*1H/t19-,20+,23-,24-;;/m1../s1. The molecular formula is C24H26Cl2FN5O4. The van der Waals surface area contributed by atoms with Crippen LogP contribution in [0.3, 0.4) is 0 Å². The zero-order valence-electron chi connectivity index (χ0n) is 18.9. The van der Waals surface area contributed by atoms with Gasteiger partial charge in [0.05, 0.1) is 12.0 Å². The molecule has 9 nitrogen and oxygen atoms in total. The molecule has 5 rings (SSSR count). The predicted octanol–water partition coefficient (Wildman–Crippen LogP) is 2.77. The van der Waals surface area contributed by atoms with E-state index >= 15 is 0 Å². The van der Waals surface area contributed by atoms with Crippen molar-refractivity contribution in [3.63, 3.8) is 0 Å². The van der Waals surface area contributed by atoms with Gasteiger partial charge in [0.1, 0.15) is 41.4 Å². The van der Waals surface area contributed by atoms with Gasteiger partial charge in [-0.05, 0) is 29.8 Å². The van der Waals surface area contributed by atoms with Crippen molar-refractivity contribution in [1.82, 2.24) is 14.5 Å². The number of nitrogens with two attached hydrogens (primary N) is 1. The van der Waals surface area contributed by atoms with E-state index in [4.69, 9.17) is 10.5 Å². The summed E-state index contributed by atoms with van der Waals surface area (Å²) in [6, 6.07) is 15.4. The van der Waals surface area contributed by atoms with Crippen LogP contribution in [0.4, 0.5) is 15.9 Å². The molecule has 1 aliphatic heterocycles. The molecule has 2 aromatic carbocycles. The van der Waals surface area contributed by atoms with Gasteiger partial charge in [-0.15, -0.1) is 24.8 Å². The molecule has 4 atom stereocenters. The number of aromatic nitrogens is 3. The number of ether oxygens (including phenoxy) is 1. The summed E-state index contributed by atoms with van der Waals surface area (Å²) in [6.07, 6.45) is -0.699. The van der Waals surface area contributed by atoms with Crippen molar-refractivity contribution in [2.24, 2.45) is 5.73 Å². The van der Waals surface area contributed by atoms with E-state index in [1.165, 1.54) is 18.5 Å². The van der Waals surface area contributed by atoms with Crippen LogP contribution in [-0.2, 0) is 4.74 Å². The molecule has 4 aromatic rings. The van der Waals surface area contributed by atoms with Crippen LogP contribution in [0.1, 0.15) is 6.23 Å². The maximum absolute atomic E-state index is 13.4. The summed E-state index contributed by atoms with van der Waals surface area (Å²) < 4.78 is 20.9. The lowest BCUT2D eigenvalue weighted by Crippen LogP contribution is -2.51. The summed E-state index contributed by atoms with van der Waals surface area (Å²) in [4.78, 5) is 8.84. The van der Waals surface area contributed by atoms with Crippen molar-refractivity contribution < 1.29 is 24.4 Å². The van der Waals surface area contributed by atoms with Crippen LogP contribution in [0.25, 0.3) is 22.2 Å². The van der Waals surface area contributed by atoms with Crippen molar-refractivity contribution in [3.8, 4) is 11.1 Å². The maximum Gasteiger partial charge on any atom is 0.164 e. The number of benzene rings is 2. The van der Waals surface area contributed by atoms with Crippen molar-refractivity contribution in [1.29, 1.82) is 0 Å². The Labute approximate surface area is 218 Å². The third-order valence-corrected chi connectivity index (χ3v) is 6.20. The van der Waals surface area contributed by atoms with Crippen molar-refractivity contribution in [2.45, 2.75) is 24.0 Å². The molecule has 0 bridgehead atoms. The predicted molar refractivity (Wildman–Crippen MR) is 138 cm³/mol. The monoisotopic (exact) mass is 537 g/mol. The van der Waals surface area contributed by atoms with E-state index in [0.717, 1.165) is 11.1 Å². The van der Waals surface area contributed by atoms with Gasteiger partial charge < -0.3 is 35.7 Å². The summed E-state index contributed by atoms with van der Waals surface area (Å²) in [5, 5.41) is 35.1. The molecule has 0 saturated carbocycles. The van der Waals surface area contributed by atoms with E-state index in [-0.39, 0.29) is 37.2 Å². The number of nitrogens with one attached hydrogen (secondary N) is 1. The third kappa shape index (κ3) is 4.64. The van der Waals surface area contributed by atoms with Crippen LogP contribution in [0, 0.1) is 5.82 Å². The Balaban J connectivity index is 0.00000180. The van der Waals surface area contributed by atoms with Gasteiger partial charge >= 0.3 is 0 Å². The van der Waals surface area contributed by atoms with Gasteiger partial charge in [0.25, 0.3) is 0 Å². The SMILES string of the molecule is Cl.Cl.NC[C@]1(CO)O[C@@H](n2cc(-c3ccccc3)c3c(Nc4ccc(F)cc4)ncnc32)[C@H](O)[C@@H]1O. The fourth-order valence-corrected chi connectivity index (χ4v) is 4.31. The first-order valence-corrected chi connectivity index (χ1v) is 10.8. The first kappa shape index (κ1) is 27.8. The van der Waals surface area contributed by atoms with Crippen LogP contribution in [0.5, 0.6) is 0 Å². The molecular weight excluding hydrogens is 512 g/mol. The number of aliphatic hydroxyl groups is 3. The lowest BCUT2D eigenvalue weighted by Gasteiger charge is -2.28. The third-order valence-electron chi connectivity index (χ3n) is 6.20. The molecule has 0 aliphatic carbocycles. The molecule has 2 aromatic heterocycles. The number of hydrogen-bond donors (Lipinski definition) is 5. The Hall–Kier alpha value is -2.83. The summed E-state index contributed by atoms with van der Waals surface area (Å²) >= 11 is 0. The van der Waals surface area contributed by atoms with E-state index in [1.54, 1.807) is 22.9 Å². The average molecular weight is 538 g/mol. The molecule has 1 fully saturated rings. The second kappa shape index (κ2) is 11.1. The summed E-state index contributed by atoms with van der Waals surface area (Å²) in [5.74, 6) is 0.113. The fraction of sp³-hybridized carbons (Fsp3) is 0.250. The molecule has 1 aliphatic rings. The first-order chi connectivity index (χ1) is 16.5. The normalized spacial score (nSPS) is 23.2. The highest BCUT2D eigenvalue weighted by Crippen LogP contribution is 2.42. The number of anilines is 2. The van der Waals surface area contributed by atoms with Gasteiger partial charge in [0.2, 0.25) is 0 Å². The number of nitrogens with zero attached hydrogens (tertiary/aromatic N) is 3. The topological polar surface area (TPSA) is 139 Å². The minimum absolute atomic E-state index is 0. The highest BCUT2D eigenvalue weighted by molar-refractivity contribution is 6.02. The Kier molecular flexibility index (Phi) is 8.52. The van der Waals surface area contributed by atoms with Crippen LogP contribution >= 0.6 is 24.8 Å². The maximum atomic E-state index is 13.4. The molecule has 0 amide bonds. The lowest BCUT2D eigenvalue weighted by atomic mass is 9.96. The van der Waals surface area contributed by atoms with Crippen LogP contribution < -0.4 is 11.1 Å². The Morgan fingerprint density at radius 1 is 1.06 bits per heavy atom. The summed E-state index contributed by atoms with van der Waals surface area (Å²) in [7, 11) is 0. The van der Waals surface area contributed by atoms with Crippen LogP contribution in [0.15, 0.2) is 67.1 Å². The van der Waals surface area contributed by atoms with Crippen molar-refractivity contribution in [3.05, 3.63) is 72.9 Å². The largest absolute Gasteiger partial charge is 0.393 e. The van der Waals surface area contributed by atoms with Crippen molar-refractivity contribution in [2.75, 3.05) is 18.5 Å². The minimum atomic E-state index is -1.50. The zero-order chi connectivity index (χ0) is 23.9. The second-order valence-electron chi connectivity index (χ2n) is 8.24. The second-order valence-corrected chi connectivity index (χ2v) is 8.24. The van der Waals surface area contributed by atoms with Crippen LogP contribution in [0.2, 0.25) is 0 Å². The van der Waals surface area contributed by atoms with Gasteiger partial charge in [0, 0.05) is 24.0 Å². The molecule has 1 saturated heterocycles. The molecule has 0 unspecified atom stereocenters. The zero-order valence-corrected chi connectivity index (χ0v) is 20.5. The Bertz CT molecular complexity index is 1310. The Morgan fingerprint density at radius 2 is 1.75 bits per heavy atom. The number of rotatable bonds is 6. The van der Waals surface area contributed by atoms with Gasteiger partial charge in [-0.3, -0.25) is 0 Å². The number of fused-ring (bicyclic) bond motifs is 1. The summed E-state index contributed by atoms with van der Waals surface area (Å²) in [5.41, 5.74) is 6.94. The van der Waals surface area contributed by atoms with E-state index < -0.39 is 30.6 Å². The van der Waals surface area contributed by atoms with E-state index in [1.807, 2.05) is 30.3 Å². The minimum Gasteiger partial charge on any atom is -0.393 e. The van der Waals surface area contributed by atoms with Gasteiger partial charge in [-0.1, -0.05) is 30.3 Å². The fourth-order valence-electron chi connectivity index (χ4n) is 4.31. The molecule has 12 heteroatoms. The molecule has 3 heterocycles. The molecule has 192 valence electrons. The molecule has 36 heavy (non-hydrogen) atoms. The number of hydrogen-bond acceptors (Lipinski definition) is 8. The smallest absolute Gasteiger partial charge is 0.164 e. The highest BCUT2D eigenvalue weighted by atomic mass is 35.5. The Morgan fingerprint density at radius 3 is 2.36 bits per heavy atom. The van der Waals surface area contributed by atoms with E-state index in [9.17, 15) is 19.7 Å². The highest BCUT2D eigenvalue weighted by Gasteiger charge is 2.54. The van der Waals surface area contributed by atoms with Crippen LogP contribution in [-0.4, -0.2) is 60.8 Å². The number of aliphatic hydroxyl groups excluding tert-OH is 3. The average Bonchev–Trinajstić information content (AvgIpc) is 3.38. The molecule has 6 N–H and O–H groups in total. The first-order valence-electron chi connectivity index (χ1n) is 10.8. The number of halogens is 3. The van der Waals surface area contributed by atoms with E-state index in [0.29, 0.717) is 22.5 Å². The van der Waals surface area contributed by atoms with Gasteiger partial charge in [-0.25, -0.2) is 14.4 Å². The molecule has 0 spiro atoms. The quantitative estimate of drug-likeness (QED) is 0.253. The molecule has 0 radical (unpaired) electrons. The lowest BCUT2D eigenvalue weighted by molar-refractivity contribution is -0.121. The summed E-state index contributed by atoms with van der Waals surface area (Å²) in [6.45, 7) is -0.745.